The standard InChI is InChI=1S/C21H20N2O5/c1-13-18(23-20(27-13)15-7-5-4-6-8-15)21(25)28-14(2)19(24)22-16-9-11-17(26-3)12-10-16/h4-12,14H,1-3H3,(H,22,24)/t14-/m0/s1. The molecule has 0 saturated heterocycles. The van der Waals surface area contributed by atoms with Crippen molar-refractivity contribution in [3.05, 3.63) is 66.1 Å². The number of oxazole rings is 1. The molecule has 0 aliphatic heterocycles. The lowest BCUT2D eigenvalue weighted by Crippen LogP contribution is -2.30. The van der Waals surface area contributed by atoms with Crippen LogP contribution in [0.5, 0.6) is 5.75 Å². The van der Waals surface area contributed by atoms with Gasteiger partial charge in [-0.3, -0.25) is 4.79 Å². The van der Waals surface area contributed by atoms with Gasteiger partial charge < -0.3 is 19.2 Å². The normalized spacial score (nSPS) is 11.5. The van der Waals surface area contributed by atoms with E-state index < -0.39 is 18.0 Å². The molecule has 1 N–H and O–H groups in total. The summed E-state index contributed by atoms with van der Waals surface area (Å²) in [5.74, 6) is 0.143. The summed E-state index contributed by atoms with van der Waals surface area (Å²) in [5.41, 5.74) is 1.36. The number of nitrogens with zero attached hydrogens (tertiary/aromatic N) is 1. The van der Waals surface area contributed by atoms with Gasteiger partial charge in [-0.05, 0) is 50.2 Å². The van der Waals surface area contributed by atoms with Crippen LogP contribution in [0.4, 0.5) is 5.69 Å². The van der Waals surface area contributed by atoms with Crippen LogP contribution in [0.25, 0.3) is 11.5 Å². The number of aryl methyl sites for hydroxylation is 1. The molecule has 1 atom stereocenters. The van der Waals surface area contributed by atoms with Gasteiger partial charge in [0.05, 0.1) is 7.11 Å². The smallest absolute Gasteiger partial charge is 0.361 e. The Bertz CT molecular complexity index is 964. The molecule has 0 spiro atoms. The summed E-state index contributed by atoms with van der Waals surface area (Å²) < 4.78 is 15.9. The second kappa shape index (κ2) is 8.39. The average Bonchev–Trinajstić information content (AvgIpc) is 3.11. The second-order valence-electron chi connectivity index (χ2n) is 6.06. The highest BCUT2D eigenvalue weighted by Gasteiger charge is 2.24. The minimum atomic E-state index is -1.01. The maximum absolute atomic E-state index is 12.4. The van der Waals surface area contributed by atoms with Crippen LogP contribution in [-0.4, -0.2) is 30.1 Å². The first kappa shape index (κ1) is 19.2. The molecule has 2 aromatic carbocycles. The van der Waals surface area contributed by atoms with Crippen LogP contribution in [0.2, 0.25) is 0 Å². The summed E-state index contributed by atoms with van der Waals surface area (Å²) in [6.07, 6.45) is -1.01. The van der Waals surface area contributed by atoms with E-state index in [9.17, 15) is 9.59 Å². The van der Waals surface area contributed by atoms with Gasteiger partial charge in [0.15, 0.2) is 11.8 Å². The lowest BCUT2D eigenvalue weighted by molar-refractivity contribution is -0.123. The van der Waals surface area contributed by atoms with Gasteiger partial charge >= 0.3 is 5.97 Å². The fraction of sp³-hybridized carbons (Fsp3) is 0.190. The molecule has 0 saturated carbocycles. The molecule has 0 fully saturated rings. The fourth-order valence-corrected chi connectivity index (χ4v) is 2.48. The third kappa shape index (κ3) is 4.37. The zero-order chi connectivity index (χ0) is 20.1. The Morgan fingerprint density at radius 3 is 2.39 bits per heavy atom. The molecule has 1 aromatic heterocycles. The van der Waals surface area contributed by atoms with Crippen LogP contribution in [0, 0.1) is 6.92 Å². The average molecular weight is 380 g/mol. The number of methoxy groups -OCH3 is 1. The molecule has 0 bridgehead atoms. The van der Waals surface area contributed by atoms with Gasteiger partial charge in [0, 0.05) is 11.3 Å². The molecule has 28 heavy (non-hydrogen) atoms. The van der Waals surface area contributed by atoms with E-state index in [1.807, 2.05) is 30.3 Å². The molecule has 0 aliphatic rings. The number of rotatable bonds is 6. The monoisotopic (exact) mass is 380 g/mol. The van der Waals surface area contributed by atoms with Crippen molar-refractivity contribution in [3.8, 4) is 17.2 Å². The highest BCUT2D eigenvalue weighted by Crippen LogP contribution is 2.22. The number of benzene rings is 2. The molecule has 0 aliphatic carbocycles. The molecule has 0 radical (unpaired) electrons. The van der Waals surface area contributed by atoms with Crippen LogP contribution in [0.1, 0.15) is 23.2 Å². The summed E-state index contributed by atoms with van der Waals surface area (Å²) in [6, 6.07) is 16.0. The van der Waals surface area contributed by atoms with Gasteiger partial charge in [0.2, 0.25) is 5.89 Å². The summed E-state index contributed by atoms with van der Waals surface area (Å²) in [7, 11) is 1.56. The number of anilines is 1. The van der Waals surface area contributed by atoms with Crippen LogP contribution in [0.15, 0.2) is 59.0 Å². The summed E-state index contributed by atoms with van der Waals surface area (Å²) >= 11 is 0. The van der Waals surface area contributed by atoms with Crippen LogP contribution >= 0.6 is 0 Å². The first-order valence-electron chi connectivity index (χ1n) is 8.66. The number of hydrogen-bond acceptors (Lipinski definition) is 6. The van der Waals surface area contributed by atoms with E-state index in [-0.39, 0.29) is 5.69 Å². The van der Waals surface area contributed by atoms with Crippen molar-refractivity contribution in [2.45, 2.75) is 20.0 Å². The van der Waals surface area contributed by atoms with Crippen molar-refractivity contribution in [1.82, 2.24) is 4.98 Å². The maximum atomic E-state index is 12.4. The number of carbonyl (C=O) groups is 2. The molecule has 0 unspecified atom stereocenters. The molecule has 7 heteroatoms. The number of ether oxygens (including phenoxy) is 2. The fourth-order valence-electron chi connectivity index (χ4n) is 2.48. The summed E-state index contributed by atoms with van der Waals surface area (Å²) in [6.45, 7) is 3.11. The predicted octanol–water partition coefficient (Wildman–Crippen LogP) is 3.84. The maximum Gasteiger partial charge on any atom is 0.361 e. The van der Waals surface area contributed by atoms with E-state index in [0.29, 0.717) is 23.1 Å². The van der Waals surface area contributed by atoms with Gasteiger partial charge in [-0.25, -0.2) is 9.78 Å². The zero-order valence-corrected chi connectivity index (χ0v) is 15.8. The Morgan fingerprint density at radius 1 is 1.07 bits per heavy atom. The van der Waals surface area contributed by atoms with Crippen molar-refractivity contribution in [1.29, 1.82) is 0 Å². The second-order valence-corrected chi connectivity index (χ2v) is 6.06. The number of hydrogen-bond donors (Lipinski definition) is 1. The van der Waals surface area contributed by atoms with Crippen molar-refractivity contribution in [2.75, 3.05) is 12.4 Å². The topological polar surface area (TPSA) is 90.7 Å². The SMILES string of the molecule is COc1ccc(NC(=O)[C@H](C)OC(=O)c2nc(-c3ccccc3)oc2C)cc1. The lowest BCUT2D eigenvalue weighted by Gasteiger charge is -2.13. The van der Waals surface area contributed by atoms with Gasteiger partial charge in [-0.2, -0.15) is 0 Å². The van der Waals surface area contributed by atoms with Gasteiger partial charge in [-0.15, -0.1) is 0 Å². The van der Waals surface area contributed by atoms with Crippen molar-refractivity contribution in [3.63, 3.8) is 0 Å². The minimum absolute atomic E-state index is 0.0444. The Labute approximate surface area is 162 Å². The first-order chi connectivity index (χ1) is 13.5. The van der Waals surface area contributed by atoms with E-state index in [4.69, 9.17) is 13.9 Å². The zero-order valence-electron chi connectivity index (χ0n) is 15.8. The lowest BCUT2D eigenvalue weighted by atomic mass is 10.2. The van der Waals surface area contributed by atoms with E-state index in [1.54, 1.807) is 38.3 Å². The van der Waals surface area contributed by atoms with Gasteiger partial charge in [0.25, 0.3) is 5.91 Å². The van der Waals surface area contributed by atoms with Crippen molar-refractivity contribution in [2.24, 2.45) is 0 Å². The van der Waals surface area contributed by atoms with Crippen LogP contribution in [-0.2, 0) is 9.53 Å². The number of esters is 1. The number of amides is 1. The Hall–Kier alpha value is -3.61. The molecular weight excluding hydrogens is 360 g/mol. The van der Waals surface area contributed by atoms with E-state index in [0.717, 1.165) is 5.56 Å². The highest BCUT2D eigenvalue weighted by atomic mass is 16.5. The van der Waals surface area contributed by atoms with Crippen LogP contribution < -0.4 is 10.1 Å². The van der Waals surface area contributed by atoms with E-state index in [1.165, 1.54) is 6.92 Å². The molecule has 7 nitrogen and oxygen atoms in total. The third-order valence-electron chi connectivity index (χ3n) is 4.02. The minimum Gasteiger partial charge on any atom is -0.497 e. The molecule has 1 heterocycles. The summed E-state index contributed by atoms with van der Waals surface area (Å²) in [5, 5.41) is 2.68. The van der Waals surface area contributed by atoms with Gasteiger partial charge in [0.1, 0.15) is 11.5 Å². The van der Waals surface area contributed by atoms with Crippen LogP contribution in [0.3, 0.4) is 0 Å². The molecule has 1 amide bonds. The summed E-state index contributed by atoms with van der Waals surface area (Å²) in [4.78, 5) is 28.9. The predicted molar refractivity (Wildman–Crippen MR) is 103 cm³/mol. The largest absolute Gasteiger partial charge is 0.497 e. The number of nitrogens with one attached hydrogen (secondary N) is 1. The molecule has 3 aromatic rings. The van der Waals surface area contributed by atoms with E-state index >= 15 is 0 Å². The third-order valence-corrected chi connectivity index (χ3v) is 4.02. The van der Waals surface area contributed by atoms with Crippen molar-refractivity contribution < 1.29 is 23.5 Å². The first-order valence-corrected chi connectivity index (χ1v) is 8.66. The van der Waals surface area contributed by atoms with E-state index in [2.05, 4.69) is 10.3 Å². The van der Waals surface area contributed by atoms with Crippen molar-refractivity contribution >= 4 is 17.6 Å². The molecule has 144 valence electrons. The number of carbonyl (C=O) groups excluding carboxylic acids is 2. The number of aromatic nitrogens is 1. The molecule has 3 rings (SSSR count). The quantitative estimate of drug-likeness (QED) is 0.654. The van der Waals surface area contributed by atoms with Gasteiger partial charge in [-0.1, -0.05) is 18.2 Å². The Balaban J connectivity index is 1.65. The molecular formula is C21H20N2O5. The highest BCUT2D eigenvalue weighted by molar-refractivity contribution is 5.97. The Kier molecular flexibility index (Phi) is 5.74. The Morgan fingerprint density at radius 2 is 1.75 bits per heavy atom.